The lowest BCUT2D eigenvalue weighted by Gasteiger charge is -2.41. The van der Waals surface area contributed by atoms with Crippen LogP contribution in [0.25, 0.3) is 0 Å². The minimum absolute atomic E-state index is 0.120. The molecule has 1 atom stereocenters. The van der Waals surface area contributed by atoms with Crippen LogP contribution in [0, 0.1) is 17.8 Å². The molecule has 1 N–H and O–H groups in total. The molecule has 2 rings (SSSR count). The molecule has 1 saturated carbocycles. The average molecular weight is 213 g/mol. The number of carboxylic acid groups (broad SMARTS) is 1. The zero-order chi connectivity index (χ0) is 11.0. The normalized spacial score (nSPS) is 23.1. The Morgan fingerprint density at radius 3 is 2.33 bits per heavy atom. The van der Waals surface area contributed by atoms with Crippen LogP contribution in [0.5, 0.6) is 0 Å². The Balaban J connectivity index is 1.86. The molecule has 1 amide bonds. The zero-order valence-corrected chi connectivity index (χ0v) is 8.68. The molecule has 0 aromatic carbocycles. The van der Waals surface area contributed by atoms with Crippen LogP contribution < -0.4 is 0 Å². The van der Waals surface area contributed by atoms with E-state index in [1.54, 1.807) is 4.90 Å². The molecule has 5 heteroatoms. The number of likely N-dealkylation sites (tertiary alicyclic amines) is 1. The Morgan fingerprint density at radius 1 is 1.33 bits per heavy atom. The van der Waals surface area contributed by atoms with E-state index in [-0.39, 0.29) is 17.9 Å². The molecule has 1 unspecified atom stereocenters. The highest BCUT2D eigenvalue weighted by atomic mass is 16.5. The number of carbonyl (C=O) groups is 2. The number of amides is 1. The van der Waals surface area contributed by atoms with E-state index in [1.165, 1.54) is 7.11 Å². The Bertz CT molecular complexity index is 281. The lowest BCUT2D eigenvalue weighted by molar-refractivity contribution is -0.147. The van der Waals surface area contributed by atoms with Crippen molar-refractivity contribution in [3.05, 3.63) is 0 Å². The molecule has 15 heavy (non-hydrogen) atoms. The fraction of sp³-hybridized carbons (Fsp3) is 0.800. The maximum atomic E-state index is 11.1. The highest BCUT2D eigenvalue weighted by Gasteiger charge is 2.47. The maximum Gasteiger partial charge on any atom is 0.409 e. The van der Waals surface area contributed by atoms with Crippen molar-refractivity contribution in [1.82, 2.24) is 4.90 Å². The fourth-order valence-corrected chi connectivity index (χ4v) is 2.26. The number of rotatable bonds is 3. The summed E-state index contributed by atoms with van der Waals surface area (Å²) in [6.07, 6.45) is 1.68. The lowest BCUT2D eigenvalue weighted by atomic mass is 9.82. The molecular weight excluding hydrogens is 198 g/mol. The van der Waals surface area contributed by atoms with Crippen molar-refractivity contribution in [2.24, 2.45) is 17.8 Å². The van der Waals surface area contributed by atoms with Crippen LogP contribution in [0.2, 0.25) is 0 Å². The first-order valence-electron chi connectivity index (χ1n) is 5.19. The van der Waals surface area contributed by atoms with Gasteiger partial charge in [-0.05, 0) is 18.8 Å². The molecule has 1 heterocycles. The Hall–Kier alpha value is -1.26. The van der Waals surface area contributed by atoms with Gasteiger partial charge in [0.1, 0.15) is 0 Å². The largest absolute Gasteiger partial charge is 0.481 e. The van der Waals surface area contributed by atoms with Gasteiger partial charge in [0.2, 0.25) is 0 Å². The Kier molecular flexibility index (Phi) is 2.54. The summed E-state index contributed by atoms with van der Waals surface area (Å²) in [6, 6.07) is 0. The number of carboxylic acids is 1. The topological polar surface area (TPSA) is 66.8 Å². The number of methoxy groups -OCH3 is 1. The van der Waals surface area contributed by atoms with Crippen LogP contribution in [0.4, 0.5) is 4.79 Å². The summed E-state index contributed by atoms with van der Waals surface area (Å²) >= 11 is 0. The molecule has 0 bridgehead atoms. The predicted molar refractivity (Wildman–Crippen MR) is 51.3 cm³/mol. The van der Waals surface area contributed by atoms with Gasteiger partial charge in [-0.25, -0.2) is 4.79 Å². The predicted octanol–water partition coefficient (Wildman–Crippen LogP) is 0.795. The summed E-state index contributed by atoms with van der Waals surface area (Å²) < 4.78 is 4.56. The van der Waals surface area contributed by atoms with Gasteiger partial charge in [-0.1, -0.05) is 0 Å². The highest BCUT2D eigenvalue weighted by Crippen LogP contribution is 2.43. The molecular formula is C10H15NO4. The van der Waals surface area contributed by atoms with E-state index in [4.69, 9.17) is 5.11 Å². The van der Waals surface area contributed by atoms with Gasteiger partial charge in [-0.15, -0.1) is 0 Å². The number of hydrogen-bond donors (Lipinski definition) is 1. The number of ether oxygens (including phenoxy) is 1. The molecule has 0 aromatic rings. The Morgan fingerprint density at radius 2 is 1.93 bits per heavy atom. The summed E-state index contributed by atoms with van der Waals surface area (Å²) in [5.41, 5.74) is 0. The first kappa shape index (κ1) is 10.3. The third-order valence-electron chi connectivity index (χ3n) is 3.27. The van der Waals surface area contributed by atoms with Gasteiger partial charge in [0.25, 0.3) is 0 Å². The second-order valence-electron chi connectivity index (χ2n) is 4.34. The van der Waals surface area contributed by atoms with Gasteiger partial charge in [0.05, 0.1) is 13.0 Å². The number of carbonyl (C=O) groups excluding carboxylic acids is 1. The van der Waals surface area contributed by atoms with Crippen molar-refractivity contribution in [2.75, 3.05) is 20.2 Å². The summed E-state index contributed by atoms with van der Waals surface area (Å²) in [5, 5.41) is 9.07. The van der Waals surface area contributed by atoms with Crippen LogP contribution in [-0.4, -0.2) is 42.3 Å². The molecule has 1 aliphatic heterocycles. The van der Waals surface area contributed by atoms with Crippen molar-refractivity contribution < 1.29 is 19.4 Å². The maximum absolute atomic E-state index is 11.1. The molecule has 1 aliphatic carbocycles. The highest BCUT2D eigenvalue weighted by molar-refractivity contribution is 5.73. The zero-order valence-electron chi connectivity index (χ0n) is 8.68. The van der Waals surface area contributed by atoms with Gasteiger partial charge in [-0.3, -0.25) is 4.79 Å². The van der Waals surface area contributed by atoms with Crippen molar-refractivity contribution >= 4 is 12.1 Å². The van der Waals surface area contributed by atoms with Crippen LogP contribution in [0.1, 0.15) is 12.8 Å². The first-order valence-corrected chi connectivity index (χ1v) is 5.19. The van der Waals surface area contributed by atoms with Gasteiger partial charge in [0.15, 0.2) is 0 Å². The summed E-state index contributed by atoms with van der Waals surface area (Å²) in [5.74, 6) is -0.515. The first-order chi connectivity index (χ1) is 7.13. The standard InChI is InChI=1S/C10H15NO4/c1-15-10(14)11-4-7(5-11)8(9(12)13)6-2-3-6/h6-8H,2-5H2,1H3,(H,12,13). The molecule has 2 aliphatic rings. The summed E-state index contributed by atoms with van der Waals surface area (Å²) in [6.45, 7) is 1.06. The van der Waals surface area contributed by atoms with Crippen molar-refractivity contribution in [3.8, 4) is 0 Å². The van der Waals surface area contributed by atoms with Crippen molar-refractivity contribution in [3.63, 3.8) is 0 Å². The van der Waals surface area contributed by atoms with Crippen LogP contribution >= 0.6 is 0 Å². The summed E-state index contributed by atoms with van der Waals surface area (Å²) in [7, 11) is 1.34. The van der Waals surface area contributed by atoms with Gasteiger partial charge in [-0.2, -0.15) is 0 Å². The van der Waals surface area contributed by atoms with Crippen molar-refractivity contribution in [2.45, 2.75) is 12.8 Å². The SMILES string of the molecule is COC(=O)N1CC(C(C(=O)O)C2CC2)C1. The van der Waals surface area contributed by atoms with E-state index in [1.807, 2.05) is 0 Å². The molecule has 2 fully saturated rings. The average Bonchev–Trinajstić information content (AvgIpc) is 2.91. The van der Waals surface area contributed by atoms with Crippen LogP contribution in [-0.2, 0) is 9.53 Å². The second kappa shape index (κ2) is 3.72. The molecule has 0 radical (unpaired) electrons. The smallest absolute Gasteiger partial charge is 0.409 e. The number of nitrogens with zero attached hydrogens (tertiary/aromatic N) is 1. The third kappa shape index (κ3) is 1.91. The van der Waals surface area contributed by atoms with E-state index >= 15 is 0 Å². The third-order valence-corrected chi connectivity index (χ3v) is 3.27. The minimum Gasteiger partial charge on any atom is -0.481 e. The van der Waals surface area contributed by atoms with E-state index in [0.29, 0.717) is 19.0 Å². The lowest BCUT2D eigenvalue weighted by Crippen LogP contribution is -2.54. The summed E-state index contributed by atoms with van der Waals surface area (Å²) in [4.78, 5) is 23.6. The molecule has 5 nitrogen and oxygen atoms in total. The van der Waals surface area contributed by atoms with Crippen molar-refractivity contribution in [1.29, 1.82) is 0 Å². The van der Waals surface area contributed by atoms with E-state index < -0.39 is 5.97 Å². The molecule has 84 valence electrons. The second-order valence-corrected chi connectivity index (χ2v) is 4.34. The Labute approximate surface area is 88.0 Å². The van der Waals surface area contributed by atoms with E-state index in [0.717, 1.165) is 12.8 Å². The van der Waals surface area contributed by atoms with Crippen LogP contribution in [0.3, 0.4) is 0 Å². The van der Waals surface area contributed by atoms with E-state index in [9.17, 15) is 9.59 Å². The monoisotopic (exact) mass is 213 g/mol. The van der Waals surface area contributed by atoms with Gasteiger partial charge in [0, 0.05) is 19.0 Å². The quantitative estimate of drug-likeness (QED) is 0.752. The molecule has 0 spiro atoms. The van der Waals surface area contributed by atoms with Gasteiger partial charge >= 0.3 is 12.1 Å². The minimum atomic E-state index is -0.716. The van der Waals surface area contributed by atoms with Gasteiger partial charge < -0.3 is 14.7 Å². The molecule has 1 saturated heterocycles. The van der Waals surface area contributed by atoms with Crippen LogP contribution in [0.15, 0.2) is 0 Å². The molecule has 0 aromatic heterocycles. The van der Waals surface area contributed by atoms with E-state index in [2.05, 4.69) is 4.74 Å². The number of aliphatic carboxylic acids is 1. The fourth-order valence-electron chi connectivity index (χ4n) is 2.26. The number of hydrogen-bond acceptors (Lipinski definition) is 3.